The molecule has 2 rings (SSSR count). The SMILES string of the molecule is Cc1cccc(C)c1OCC(=O)Oc1ccc(Br)cc1C(=O)O. The number of carboxylic acid groups (broad SMARTS) is 1. The normalized spacial score (nSPS) is 10.2. The molecule has 0 aromatic heterocycles. The Morgan fingerprint density at radius 2 is 1.78 bits per heavy atom. The van der Waals surface area contributed by atoms with Gasteiger partial charge in [0.2, 0.25) is 0 Å². The van der Waals surface area contributed by atoms with E-state index in [0.717, 1.165) is 11.1 Å². The van der Waals surface area contributed by atoms with E-state index in [-0.39, 0.29) is 17.9 Å². The quantitative estimate of drug-likeness (QED) is 0.633. The Morgan fingerprint density at radius 1 is 1.13 bits per heavy atom. The van der Waals surface area contributed by atoms with Crippen molar-refractivity contribution in [3.63, 3.8) is 0 Å². The molecule has 0 unspecified atom stereocenters. The number of aromatic carboxylic acids is 1. The molecule has 0 fully saturated rings. The van der Waals surface area contributed by atoms with Gasteiger partial charge in [-0.2, -0.15) is 0 Å². The van der Waals surface area contributed by atoms with E-state index in [2.05, 4.69) is 15.9 Å². The van der Waals surface area contributed by atoms with Gasteiger partial charge in [0.15, 0.2) is 6.61 Å². The molecule has 0 amide bonds. The maximum Gasteiger partial charge on any atom is 0.349 e. The molecule has 0 saturated carbocycles. The van der Waals surface area contributed by atoms with E-state index in [9.17, 15) is 9.59 Å². The second-order valence-electron chi connectivity index (χ2n) is 4.93. The van der Waals surface area contributed by atoms with Crippen molar-refractivity contribution in [2.75, 3.05) is 6.61 Å². The Bertz CT molecular complexity index is 734. The highest BCUT2D eigenvalue weighted by atomic mass is 79.9. The summed E-state index contributed by atoms with van der Waals surface area (Å²) in [6, 6.07) is 10.1. The summed E-state index contributed by atoms with van der Waals surface area (Å²) in [6.45, 7) is 3.46. The number of esters is 1. The smallest absolute Gasteiger partial charge is 0.349 e. The minimum absolute atomic E-state index is 0.0178. The van der Waals surface area contributed by atoms with Crippen LogP contribution in [-0.4, -0.2) is 23.7 Å². The number of carbonyl (C=O) groups excluding carboxylic acids is 1. The number of benzene rings is 2. The van der Waals surface area contributed by atoms with Gasteiger partial charge in [-0.05, 0) is 43.2 Å². The van der Waals surface area contributed by atoms with Gasteiger partial charge in [-0.15, -0.1) is 0 Å². The van der Waals surface area contributed by atoms with Gasteiger partial charge in [0.1, 0.15) is 17.1 Å². The molecule has 2 aromatic carbocycles. The van der Waals surface area contributed by atoms with E-state index in [1.165, 1.54) is 12.1 Å². The molecule has 0 aliphatic heterocycles. The summed E-state index contributed by atoms with van der Waals surface area (Å²) in [5, 5.41) is 9.14. The lowest BCUT2D eigenvalue weighted by Gasteiger charge is -2.12. The molecule has 23 heavy (non-hydrogen) atoms. The summed E-state index contributed by atoms with van der Waals surface area (Å²) in [5.74, 6) is -1.24. The van der Waals surface area contributed by atoms with Gasteiger partial charge in [0.25, 0.3) is 0 Å². The van der Waals surface area contributed by atoms with Crippen molar-refractivity contribution in [2.24, 2.45) is 0 Å². The van der Waals surface area contributed by atoms with E-state index in [4.69, 9.17) is 14.6 Å². The van der Waals surface area contributed by atoms with Gasteiger partial charge in [0.05, 0.1) is 0 Å². The number of carboxylic acids is 1. The van der Waals surface area contributed by atoms with Crippen molar-refractivity contribution in [2.45, 2.75) is 13.8 Å². The highest BCUT2D eigenvalue weighted by Gasteiger charge is 2.16. The zero-order valence-corrected chi connectivity index (χ0v) is 14.2. The minimum Gasteiger partial charge on any atom is -0.481 e. The minimum atomic E-state index is -1.18. The topological polar surface area (TPSA) is 72.8 Å². The number of aryl methyl sites for hydroxylation is 2. The molecule has 1 N–H and O–H groups in total. The third kappa shape index (κ3) is 4.32. The predicted molar refractivity (Wildman–Crippen MR) is 88.1 cm³/mol. The Balaban J connectivity index is 2.07. The number of carbonyl (C=O) groups is 2. The van der Waals surface area contributed by atoms with Crippen molar-refractivity contribution in [1.29, 1.82) is 0 Å². The Kier molecular flexibility index (Phi) is 5.39. The Labute approximate surface area is 142 Å². The van der Waals surface area contributed by atoms with Gasteiger partial charge in [-0.1, -0.05) is 34.1 Å². The zero-order chi connectivity index (χ0) is 17.0. The fourth-order valence-electron chi connectivity index (χ4n) is 2.07. The van der Waals surface area contributed by atoms with Gasteiger partial charge in [0, 0.05) is 4.47 Å². The van der Waals surface area contributed by atoms with E-state index in [1.807, 2.05) is 32.0 Å². The van der Waals surface area contributed by atoms with Crippen molar-refractivity contribution >= 4 is 27.9 Å². The summed E-state index contributed by atoms with van der Waals surface area (Å²) < 4.78 is 11.2. The Hall–Kier alpha value is -2.34. The molecule has 0 saturated heterocycles. The largest absolute Gasteiger partial charge is 0.481 e. The fraction of sp³-hybridized carbons (Fsp3) is 0.176. The van der Waals surface area contributed by atoms with E-state index < -0.39 is 11.9 Å². The first-order chi connectivity index (χ1) is 10.9. The molecular weight excluding hydrogens is 364 g/mol. The molecule has 0 radical (unpaired) electrons. The third-order valence-corrected chi connectivity index (χ3v) is 3.63. The summed E-state index contributed by atoms with van der Waals surface area (Å²) in [7, 11) is 0. The van der Waals surface area contributed by atoms with Gasteiger partial charge in [-0.3, -0.25) is 0 Å². The van der Waals surface area contributed by atoms with Crippen LogP contribution in [0.2, 0.25) is 0 Å². The van der Waals surface area contributed by atoms with Crippen molar-refractivity contribution in [1.82, 2.24) is 0 Å². The zero-order valence-electron chi connectivity index (χ0n) is 12.6. The lowest BCUT2D eigenvalue weighted by atomic mass is 10.1. The van der Waals surface area contributed by atoms with Gasteiger partial charge < -0.3 is 14.6 Å². The number of hydrogen-bond donors (Lipinski definition) is 1. The van der Waals surface area contributed by atoms with E-state index >= 15 is 0 Å². The molecule has 0 heterocycles. The second kappa shape index (κ2) is 7.28. The van der Waals surface area contributed by atoms with Crippen molar-refractivity contribution < 1.29 is 24.2 Å². The third-order valence-electron chi connectivity index (χ3n) is 3.14. The van der Waals surface area contributed by atoms with Crippen LogP contribution in [0.3, 0.4) is 0 Å². The monoisotopic (exact) mass is 378 g/mol. The first kappa shape index (κ1) is 17.0. The van der Waals surface area contributed by atoms with E-state index in [1.54, 1.807) is 6.07 Å². The van der Waals surface area contributed by atoms with Crippen LogP contribution < -0.4 is 9.47 Å². The van der Waals surface area contributed by atoms with Crippen LogP contribution in [0.15, 0.2) is 40.9 Å². The number of ether oxygens (including phenoxy) is 2. The molecule has 0 atom stereocenters. The number of rotatable bonds is 5. The molecule has 0 bridgehead atoms. The van der Waals surface area contributed by atoms with Crippen LogP contribution >= 0.6 is 15.9 Å². The molecule has 0 aliphatic rings. The fourth-order valence-corrected chi connectivity index (χ4v) is 2.43. The van der Waals surface area contributed by atoms with Crippen LogP contribution in [-0.2, 0) is 4.79 Å². The molecule has 0 aliphatic carbocycles. The Morgan fingerprint density at radius 3 is 2.39 bits per heavy atom. The van der Waals surface area contributed by atoms with Crippen molar-refractivity contribution in [3.8, 4) is 11.5 Å². The first-order valence-electron chi connectivity index (χ1n) is 6.81. The highest BCUT2D eigenvalue weighted by molar-refractivity contribution is 9.10. The molecule has 0 spiro atoms. The second-order valence-corrected chi connectivity index (χ2v) is 5.84. The molecule has 120 valence electrons. The lowest BCUT2D eigenvalue weighted by Crippen LogP contribution is -2.19. The van der Waals surface area contributed by atoms with Gasteiger partial charge in [-0.25, -0.2) is 9.59 Å². The first-order valence-corrected chi connectivity index (χ1v) is 7.60. The summed E-state index contributed by atoms with van der Waals surface area (Å²) >= 11 is 3.18. The number of para-hydroxylation sites is 1. The van der Waals surface area contributed by atoms with Crippen LogP contribution in [0, 0.1) is 13.8 Å². The molecular formula is C17H15BrO5. The lowest BCUT2D eigenvalue weighted by molar-refractivity contribution is -0.136. The van der Waals surface area contributed by atoms with Crippen LogP contribution in [0.25, 0.3) is 0 Å². The number of hydrogen-bond acceptors (Lipinski definition) is 4. The average molecular weight is 379 g/mol. The standard InChI is InChI=1S/C17H15BrO5/c1-10-4-3-5-11(2)16(10)22-9-15(19)23-14-7-6-12(18)8-13(14)17(20)21/h3-8H,9H2,1-2H3,(H,20,21). The molecule has 6 heteroatoms. The molecule has 5 nitrogen and oxygen atoms in total. The van der Waals surface area contributed by atoms with Crippen LogP contribution in [0.5, 0.6) is 11.5 Å². The van der Waals surface area contributed by atoms with Gasteiger partial charge >= 0.3 is 11.9 Å². The number of halogens is 1. The van der Waals surface area contributed by atoms with Crippen LogP contribution in [0.1, 0.15) is 21.5 Å². The van der Waals surface area contributed by atoms with Crippen molar-refractivity contribution in [3.05, 3.63) is 57.6 Å². The summed E-state index contributed by atoms with van der Waals surface area (Å²) in [5.41, 5.74) is 1.72. The average Bonchev–Trinajstić information content (AvgIpc) is 2.48. The predicted octanol–water partition coefficient (Wildman–Crippen LogP) is 3.75. The van der Waals surface area contributed by atoms with E-state index in [0.29, 0.717) is 10.2 Å². The summed E-state index contributed by atoms with van der Waals surface area (Å²) in [4.78, 5) is 23.1. The van der Waals surface area contributed by atoms with Crippen LogP contribution in [0.4, 0.5) is 0 Å². The maximum atomic E-state index is 11.9. The maximum absolute atomic E-state index is 11.9. The molecule has 2 aromatic rings. The summed E-state index contributed by atoms with van der Waals surface area (Å²) in [6.07, 6.45) is 0. The highest BCUT2D eigenvalue weighted by Crippen LogP contribution is 2.24.